The number of hydrogen-bond acceptors (Lipinski definition) is 2. The van der Waals surface area contributed by atoms with E-state index in [4.69, 9.17) is 15.9 Å². The van der Waals surface area contributed by atoms with Gasteiger partial charge >= 0.3 is 0 Å². The van der Waals surface area contributed by atoms with Gasteiger partial charge in [-0.1, -0.05) is 15.9 Å². The number of hydrogen-bond donors (Lipinski definition) is 2. The Morgan fingerprint density at radius 1 is 1.42 bits per heavy atom. The van der Waals surface area contributed by atoms with Gasteiger partial charge in [0.05, 0.1) is 0 Å². The van der Waals surface area contributed by atoms with Gasteiger partial charge in [-0.15, -0.1) is 0 Å². The molecular weight excluding hydrogens is 220 g/mol. The van der Waals surface area contributed by atoms with Crippen LogP contribution in [0.2, 0.25) is 0 Å². The van der Waals surface area contributed by atoms with E-state index >= 15 is 0 Å². The number of amidine groups is 1. The lowest BCUT2D eigenvalue weighted by Crippen LogP contribution is -2.19. The van der Waals surface area contributed by atoms with Gasteiger partial charge in [0.2, 0.25) is 0 Å². The molecule has 0 spiro atoms. The molecule has 4 heteroatoms. The Morgan fingerprint density at radius 2 is 2.00 bits per heavy atom. The molecule has 0 radical (unpaired) electrons. The molecule has 0 heterocycles. The van der Waals surface area contributed by atoms with E-state index in [0.29, 0.717) is 5.75 Å². The maximum absolute atomic E-state index is 6.93. The summed E-state index contributed by atoms with van der Waals surface area (Å²) < 4.78 is 6.15. The highest BCUT2D eigenvalue weighted by Gasteiger charge is 1.93. The van der Waals surface area contributed by atoms with Crippen LogP contribution < -0.4 is 10.5 Å². The van der Waals surface area contributed by atoms with Gasteiger partial charge in [-0.25, -0.2) is 0 Å². The second kappa shape index (κ2) is 4.11. The van der Waals surface area contributed by atoms with Crippen molar-refractivity contribution in [2.75, 3.05) is 6.61 Å². The summed E-state index contributed by atoms with van der Waals surface area (Å²) in [5.41, 5.74) is 5.12. The SMILES string of the molecule is N=C(N)COc1ccc(Br)cc1. The van der Waals surface area contributed by atoms with Gasteiger partial charge in [0.25, 0.3) is 0 Å². The molecule has 0 saturated heterocycles. The molecule has 0 bridgehead atoms. The van der Waals surface area contributed by atoms with Crippen LogP contribution in [-0.2, 0) is 0 Å². The Balaban J connectivity index is 2.53. The lowest BCUT2D eigenvalue weighted by molar-refractivity contribution is 0.374. The molecule has 0 aliphatic heterocycles. The number of benzene rings is 1. The van der Waals surface area contributed by atoms with Crippen molar-refractivity contribution in [3.8, 4) is 5.75 Å². The van der Waals surface area contributed by atoms with Crippen LogP contribution >= 0.6 is 15.9 Å². The molecule has 0 saturated carbocycles. The van der Waals surface area contributed by atoms with Gasteiger partial charge in [-0.3, -0.25) is 5.41 Å². The van der Waals surface area contributed by atoms with Crippen LogP contribution in [0, 0.1) is 5.41 Å². The topological polar surface area (TPSA) is 59.1 Å². The summed E-state index contributed by atoms with van der Waals surface area (Å²) in [6.45, 7) is 0.141. The van der Waals surface area contributed by atoms with Crippen molar-refractivity contribution in [2.24, 2.45) is 5.73 Å². The molecule has 1 rings (SSSR count). The van der Waals surface area contributed by atoms with Crippen molar-refractivity contribution in [3.63, 3.8) is 0 Å². The van der Waals surface area contributed by atoms with E-state index in [-0.39, 0.29) is 12.4 Å². The van der Waals surface area contributed by atoms with Crippen molar-refractivity contribution in [2.45, 2.75) is 0 Å². The van der Waals surface area contributed by atoms with Crippen LogP contribution in [0.25, 0.3) is 0 Å². The second-order valence-corrected chi connectivity index (χ2v) is 3.18. The van der Waals surface area contributed by atoms with E-state index in [1.165, 1.54) is 0 Å². The van der Waals surface area contributed by atoms with Crippen LogP contribution in [0.4, 0.5) is 0 Å². The smallest absolute Gasteiger partial charge is 0.145 e. The van der Waals surface area contributed by atoms with E-state index in [2.05, 4.69) is 15.9 Å². The van der Waals surface area contributed by atoms with Crippen LogP contribution in [0.5, 0.6) is 5.75 Å². The van der Waals surface area contributed by atoms with Gasteiger partial charge in [0.15, 0.2) is 0 Å². The number of nitrogens with two attached hydrogens (primary N) is 1. The van der Waals surface area contributed by atoms with Crippen LogP contribution in [-0.4, -0.2) is 12.4 Å². The maximum Gasteiger partial charge on any atom is 0.145 e. The zero-order valence-corrected chi connectivity index (χ0v) is 7.97. The molecule has 0 aliphatic rings. The van der Waals surface area contributed by atoms with Crippen LogP contribution in [0.3, 0.4) is 0 Å². The Hall–Kier alpha value is -1.03. The zero-order chi connectivity index (χ0) is 8.97. The highest BCUT2D eigenvalue weighted by molar-refractivity contribution is 9.10. The van der Waals surface area contributed by atoms with E-state index < -0.39 is 0 Å². The minimum atomic E-state index is 0.0259. The van der Waals surface area contributed by atoms with Crippen LogP contribution in [0.1, 0.15) is 0 Å². The molecule has 64 valence electrons. The molecule has 3 N–H and O–H groups in total. The molecule has 1 aromatic carbocycles. The van der Waals surface area contributed by atoms with E-state index in [1.54, 1.807) is 0 Å². The number of halogens is 1. The van der Waals surface area contributed by atoms with Crippen molar-refractivity contribution >= 4 is 21.8 Å². The molecule has 0 atom stereocenters. The Labute approximate surface area is 79.2 Å². The fourth-order valence-corrected chi connectivity index (χ4v) is 0.956. The predicted octanol–water partition coefficient (Wildman–Crippen LogP) is 1.76. The average Bonchev–Trinajstić information content (AvgIpc) is 2.03. The standard InChI is InChI=1S/C8H9BrN2O/c9-6-1-3-7(4-2-6)12-5-8(10)11/h1-4H,5H2,(H3,10,11). The van der Waals surface area contributed by atoms with Gasteiger partial charge in [0, 0.05) is 4.47 Å². The first-order valence-corrected chi connectivity index (χ1v) is 4.19. The first-order chi connectivity index (χ1) is 5.68. The first kappa shape index (κ1) is 9.06. The fraction of sp³-hybridized carbons (Fsp3) is 0.125. The lowest BCUT2D eigenvalue weighted by Gasteiger charge is -2.03. The molecular formula is C8H9BrN2O. The third-order valence-electron chi connectivity index (χ3n) is 1.21. The minimum Gasteiger partial charge on any atom is -0.486 e. The van der Waals surface area contributed by atoms with E-state index in [0.717, 1.165) is 4.47 Å². The highest BCUT2D eigenvalue weighted by atomic mass is 79.9. The Morgan fingerprint density at radius 3 is 2.50 bits per heavy atom. The minimum absolute atomic E-state index is 0.0259. The Kier molecular flexibility index (Phi) is 3.10. The third-order valence-corrected chi connectivity index (χ3v) is 1.74. The summed E-state index contributed by atoms with van der Waals surface area (Å²) in [5, 5.41) is 6.93. The number of rotatable bonds is 3. The molecule has 1 aromatic rings. The maximum atomic E-state index is 6.93. The molecule has 0 aromatic heterocycles. The van der Waals surface area contributed by atoms with Crippen molar-refractivity contribution in [1.82, 2.24) is 0 Å². The average molecular weight is 229 g/mol. The summed E-state index contributed by atoms with van der Waals surface area (Å²) in [6.07, 6.45) is 0. The van der Waals surface area contributed by atoms with Crippen molar-refractivity contribution in [3.05, 3.63) is 28.7 Å². The summed E-state index contributed by atoms with van der Waals surface area (Å²) >= 11 is 3.30. The van der Waals surface area contributed by atoms with Crippen molar-refractivity contribution in [1.29, 1.82) is 5.41 Å². The van der Waals surface area contributed by atoms with Crippen LogP contribution in [0.15, 0.2) is 28.7 Å². The van der Waals surface area contributed by atoms with Gasteiger partial charge < -0.3 is 10.5 Å². The zero-order valence-electron chi connectivity index (χ0n) is 6.38. The molecule has 0 amide bonds. The fourth-order valence-electron chi connectivity index (χ4n) is 0.692. The first-order valence-electron chi connectivity index (χ1n) is 3.40. The summed E-state index contributed by atoms with van der Waals surface area (Å²) in [6, 6.07) is 7.37. The Bertz CT molecular complexity index is 271. The largest absolute Gasteiger partial charge is 0.486 e. The van der Waals surface area contributed by atoms with E-state index in [9.17, 15) is 0 Å². The molecule has 0 unspecified atom stereocenters. The summed E-state index contributed by atoms with van der Waals surface area (Å²) in [5.74, 6) is 0.742. The monoisotopic (exact) mass is 228 g/mol. The van der Waals surface area contributed by atoms with Crippen molar-refractivity contribution < 1.29 is 4.74 Å². The predicted molar refractivity (Wildman–Crippen MR) is 51.6 cm³/mol. The quantitative estimate of drug-likeness (QED) is 0.612. The summed E-state index contributed by atoms with van der Waals surface area (Å²) in [4.78, 5) is 0. The highest BCUT2D eigenvalue weighted by Crippen LogP contribution is 2.15. The van der Waals surface area contributed by atoms with Gasteiger partial charge in [-0.2, -0.15) is 0 Å². The normalized spacial score (nSPS) is 9.42. The summed E-state index contributed by atoms with van der Waals surface area (Å²) in [7, 11) is 0. The third kappa shape index (κ3) is 2.92. The number of ether oxygens (including phenoxy) is 1. The lowest BCUT2D eigenvalue weighted by atomic mass is 10.3. The molecule has 3 nitrogen and oxygen atoms in total. The number of nitrogens with one attached hydrogen (secondary N) is 1. The van der Waals surface area contributed by atoms with E-state index in [1.807, 2.05) is 24.3 Å². The second-order valence-electron chi connectivity index (χ2n) is 2.27. The molecule has 0 fully saturated rings. The molecule has 12 heavy (non-hydrogen) atoms. The molecule has 0 aliphatic carbocycles. The van der Waals surface area contributed by atoms with Gasteiger partial charge in [-0.05, 0) is 24.3 Å². The van der Waals surface area contributed by atoms with Gasteiger partial charge in [0.1, 0.15) is 18.2 Å².